The number of nitrogens with one attached hydrogen (secondary N) is 2. The van der Waals surface area contributed by atoms with E-state index in [0.717, 1.165) is 25.2 Å². The van der Waals surface area contributed by atoms with E-state index in [1.807, 2.05) is 6.07 Å². The molecule has 4 heteroatoms. The van der Waals surface area contributed by atoms with Gasteiger partial charge in [-0.15, -0.1) is 0 Å². The Bertz CT molecular complexity index is 405. The summed E-state index contributed by atoms with van der Waals surface area (Å²) in [5, 5.41) is 16.1. The summed E-state index contributed by atoms with van der Waals surface area (Å²) in [7, 11) is 0. The molecule has 0 bridgehead atoms. The lowest BCUT2D eigenvalue weighted by Crippen LogP contribution is -2.38. The molecule has 1 aliphatic rings. The second-order valence-electron chi connectivity index (χ2n) is 3.99. The molecule has 3 nitrogen and oxygen atoms in total. The Balaban J connectivity index is 2.06. The Kier molecular flexibility index (Phi) is 3.66. The number of piperidine rings is 1. The van der Waals surface area contributed by atoms with Crippen molar-refractivity contribution in [2.45, 2.75) is 18.9 Å². The average molecular weight is 236 g/mol. The maximum absolute atomic E-state index is 8.87. The summed E-state index contributed by atoms with van der Waals surface area (Å²) in [4.78, 5) is 0. The van der Waals surface area contributed by atoms with Gasteiger partial charge in [0.15, 0.2) is 0 Å². The van der Waals surface area contributed by atoms with E-state index in [0.29, 0.717) is 16.6 Å². The molecule has 1 atom stereocenters. The largest absolute Gasteiger partial charge is 0.381 e. The highest BCUT2D eigenvalue weighted by atomic mass is 35.5. The quantitative estimate of drug-likeness (QED) is 0.828. The van der Waals surface area contributed by atoms with Gasteiger partial charge < -0.3 is 10.6 Å². The predicted octanol–water partition coefficient (Wildman–Crippen LogP) is 2.38. The minimum Gasteiger partial charge on any atom is -0.381 e. The lowest BCUT2D eigenvalue weighted by molar-refractivity contribution is 0.480. The van der Waals surface area contributed by atoms with Gasteiger partial charge >= 0.3 is 0 Å². The minimum absolute atomic E-state index is 0.446. The summed E-state index contributed by atoms with van der Waals surface area (Å²) in [6.07, 6.45) is 2.36. The number of anilines is 1. The molecule has 1 unspecified atom stereocenters. The van der Waals surface area contributed by atoms with E-state index in [-0.39, 0.29) is 0 Å². The van der Waals surface area contributed by atoms with E-state index in [4.69, 9.17) is 16.9 Å². The van der Waals surface area contributed by atoms with Crippen LogP contribution in [-0.4, -0.2) is 19.1 Å². The van der Waals surface area contributed by atoms with E-state index in [1.165, 1.54) is 6.42 Å². The van der Waals surface area contributed by atoms with Crippen LogP contribution in [0.15, 0.2) is 18.2 Å². The molecule has 0 aromatic heterocycles. The Morgan fingerprint density at radius 3 is 3.06 bits per heavy atom. The Morgan fingerprint density at radius 2 is 2.38 bits per heavy atom. The molecule has 1 aliphatic heterocycles. The van der Waals surface area contributed by atoms with Crippen molar-refractivity contribution in [3.63, 3.8) is 0 Å². The molecule has 0 saturated carbocycles. The molecule has 0 amide bonds. The Hall–Kier alpha value is -1.24. The monoisotopic (exact) mass is 235 g/mol. The van der Waals surface area contributed by atoms with Crippen LogP contribution in [0.3, 0.4) is 0 Å². The highest BCUT2D eigenvalue weighted by Crippen LogP contribution is 2.21. The third-order valence-electron chi connectivity index (χ3n) is 2.75. The van der Waals surface area contributed by atoms with Crippen molar-refractivity contribution in [1.82, 2.24) is 5.32 Å². The molecular formula is C12H14ClN3. The molecule has 1 aromatic rings. The molecule has 0 aliphatic carbocycles. The molecule has 0 radical (unpaired) electrons. The van der Waals surface area contributed by atoms with Gasteiger partial charge in [0.1, 0.15) is 6.07 Å². The fraction of sp³-hybridized carbons (Fsp3) is 0.417. The van der Waals surface area contributed by atoms with Gasteiger partial charge in [-0.05, 0) is 37.6 Å². The van der Waals surface area contributed by atoms with Crippen molar-refractivity contribution in [1.29, 1.82) is 5.26 Å². The smallest absolute Gasteiger partial charge is 0.101 e. The number of hydrogen-bond donors (Lipinski definition) is 2. The normalized spacial score (nSPS) is 20.1. The van der Waals surface area contributed by atoms with Crippen molar-refractivity contribution < 1.29 is 0 Å². The standard InChI is InChI=1S/C12H14ClN3/c13-12-4-3-10(6-9(12)7-14)16-11-2-1-5-15-8-11/h3-4,6,11,15-16H,1-2,5,8H2. The lowest BCUT2D eigenvalue weighted by Gasteiger charge is -2.24. The molecule has 1 fully saturated rings. The van der Waals surface area contributed by atoms with Crippen LogP contribution in [0.4, 0.5) is 5.69 Å². The zero-order chi connectivity index (χ0) is 11.4. The summed E-state index contributed by atoms with van der Waals surface area (Å²) >= 11 is 5.88. The molecule has 0 spiro atoms. The lowest BCUT2D eigenvalue weighted by atomic mass is 10.1. The van der Waals surface area contributed by atoms with Gasteiger partial charge in [-0.1, -0.05) is 11.6 Å². The van der Waals surface area contributed by atoms with Crippen molar-refractivity contribution >= 4 is 17.3 Å². The average Bonchev–Trinajstić information content (AvgIpc) is 2.33. The van der Waals surface area contributed by atoms with Gasteiger partial charge in [0.25, 0.3) is 0 Å². The summed E-state index contributed by atoms with van der Waals surface area (Å²) in [6.45, 7) is 2.08. The summed E-state index contributed by atoms with van der Waals surface area (Å²) < 4.78 is 0. The van der Waals surface area contributed by atoms with Crippen molar-refractivity contribution in [2.24, 2.45) is 0 Å². The van der Waals surface area contributed by atoms with Crippen LogP contribution >= 0.6 is 11.6 Å². The molecule has 16 heavy (non-hydrogen) atoms. The van der Waals surface area contributed by atoms with Gasteiger partial charge in [-0.2, -0.15) is 5.26 Å². The zero-order valence-electron chi connectivity index (χ0n) is 8.96. The van der Waals surface area contributed by atoms with E-state index >= 15 is 0 Å². The van der Waals surface area contributed by atoms with Gasteiger partial charge in [0.05, 0.1) is 10.6 Å². The van der Waals surface area contributed by atoms with E-state index in [2.05, 4.69) is 16.7 Å². The third-order valence-corrected chi connectivity index (χ3v) is 3.08. The first kappa shape index (κ1) is 11.3. The summed E-state index contributed by atoms with van der Waals surface area (Å²) in [5.41, 5.74) is 1.49. The van der Waals surface area contributed by atoms with Crippen LogP contribution in [0.1, 0.15) is 18.4 Å². The maximum atomic E-state index is 8.87. The van der Waals surface area contributed by atoms with Crippen LogP contribution in [0.2, 0.25) is 5.02 Å². The first-order valence-electron chi connectivity index (χ1n) is 5.46. The minimum atomic E-state index is 0.446. The highest BCUT2D eigenvalue weighted by Gasteiger charge is 2.12. The van der Waals surface area contributed by atoms with Crippen LogP contribution in [0.5, 0.6) is 0 Å². The predicted molar refractivity (Wildman–Crippen MR) is 65.7 cm³/mol. The number of nitriles is 1. The molecular weight excluding hydrogens is 222 g/mol. The fourth-order valence-electron chi connectivity index (χ4n) is 1.91. The maximum Gasteiger partial charge on any atom is 0.101 e. The topological polar surface area (TPSA) is 47.9 Å². The molecule has 2 rings (SSSR count). The van der Waals surface area contributed by atoms with Crippen molar-refractivity contribution in [2.75, 3.05) is 18.4 Å². The molecule has 1 aromatic carbocycles. The van der Waals surface area contributed by atoms with Crippen molar-refractivity contribution in [3.05, 3.63) is 28.8 Å². The first-order valence-corrected chi connectivity index (χ1v) is 5.84. The van der Waals surface area contributed by atoms with Gasteiger partial charge in [0.2, 0.25) is 0 Å². The number of halogens is 1. The molecule has 1 heterocycles. The van der Waals surface area contributed by atoms with Crippen LogP contribution in [0.25, 0.3) is 0 Å². The van der Waals surface area contributed by atoms with Gasteiger partial charge in [-0.3, -0.25) is 0 Å². The highest BCUT2D eigenvalue weighted by molar-refractivity contribution is 6.31. The van der Waals surface area contributed by atoms with Gasteiger partial charge in [0, 0.05) is 18.3 Å². The number of nitrogens with zero attached hydrogens (tertiary/aromatic N) is 1. The third kappa shape index (κ3) is 2.66. The van der Waals surface area contributed by atoms with E-state index < -0.39 is 0 Å². The molecule has 84 valence electrons. The first-order chi connectivity index (χ1) is 7.79. The SMILES string of the molecule is N#Cc1cc(NC2CCCNC2)ccc1Cl. The Morgan fingerprint density at radius 1 is 1.50 bits per heavy atom. The summed E-state index contributed by atoms with van der Waals surface area (Å²) in [6, 6.07) is 8.01. The number of hydrogen-bond acceptors (Lipinski definition) is 3. The van der Waals surface area contributed by atoms with Crippen LogP contribution in [0, 0.1) is 11.3 Å². The summed E-state index contributed by atoms with van der Waals surface area (Å²) in [5.74, 6) is 0. The van der Waals surface area contributed by atoms with Gasteiger partial charge in [-0.25, -0.2) is 0 Å². The van der Waals surface area contributed by atoms with Crippen LogP contribution < -0.4 is 10.6 Å². The van der Waals surface area contributed by atoms with Crippen molar-refractivity contribution in [3.8, 4) is 6.07 Å². The number of benzene rings is 1. The second kappa shape index (κ2) is 5.20. The Labute approximate surface area is 100 Å². The molecule has 1 saturated heterocycles. The molecule has 2 N–H and O–H groups in total. The zero-order valence-corrected chi connectivity index (χ0v) is 9.72. The fourth-order valence-corrected chi connectivity index (χ4v) is 2.07. The number of rotatable bonds is 2. The van der Waals surface area contributed by atoms with Crippen LogP contribution in [-0.2, 0) is 0 Å². The second-order valence-corrected chi connectivity index (χ2v) is 4.40. The van der Waals surface area contributed by atoms with E-state index in [9.17, 15) is 0 Å². The van der Waals surface area contributed by atoms with E-state index in [1.54, 1.807) is 12.1 Å².